The summed E-state index contributed by atoms with van der Waals surface area (Å²) in [4.78, 5) is 28.6. The van der Waals surface area contributed by atoms with E-state index in [0.29, 0.717) is 29.9 Å². The SMILES string of the molecule is CCC1CN(CCN2C(=O)c3ccccc3C2=O)c2ccc(N)cc2O1. The molecule has 0 aliphatic carbocycles. The van der Waals surface area contributed by atoms with Crippen LogP contribution in [0, 0.1) is 0 Å². The van der Waals surface area contributed by atoms with Crippen molar-refractivity contribution < 1.29 is 14.3 Å². The number of carbonyl (C=O) groups excluding carboxylic acids is 2. The quantitative estimate of drug-likeness (QED) is 0.677. The first-order valence-electron chi connectivity index (χ1n) is 8.85. The molecular weight excluding hydrogens is 330 g/mol. The Morgan fingerprint density at radius 3 is 2.42 bits per heavy atom. The molecule has 6 heteroatoms. The molecule has 2 aliphatic heterocycles. The number of imide groups is 1. The first-order valence-corrected chi connectivity index (χ1v) is 8.85. The second-order valence-corrected chi connectivity index (χ2v) is 6.63. The summed E-state index contributed by atoms with van der Waals surface area (Å²) < 4.78 is 5.99. The van der Waals surface area contributed by atoms with Gasteiger partial charge >= 0.3 is 0 Å². The summed E-state index contributed by atoms with van der Waals surface area (Å²) in [6, 6.07) is 12.6. The van der Waals surface area contributed by atoms with Gasteiger partial charge in [0.15, 0.2) is 0 Å². The molecule has 2 N–H and O–H groups in total. The molecule has 2 heterocycles. The zero-order valence-electron chi connectivity index (χ0n) is 14.6. The van der Waals surface area contributed by atoms with Crippen molar-refractivity contribution in [3.63, 3.8) is 0 Å². The van der Waals surface area contributed by atoms with Crippen molar-refractivity contribution in [3.8, 4) is 5.75 Å². The number of benzene rings is 2. The Hall–Kier alpha value is -3.02. The summed E-state index contributed by atoms with van der Waals surface area (Å²) in [5, 5.41) is 0. The van der Waals surface area contributed by atoms with Gasteiger partial charge in [0.1, 0.15) is 11.9 Å². The minimum absolute atomic E-state index is 0.0616. The number of nitrogen functional groups attached to an aromatic ring is 1. The first-order chi connectivity index (χ1) is 12.6. The van der Waals surface area contributed by atoms with E-state index in [-0.39, 0.29) is 17.9 Å². The number of anilines is 2. The zero-order chi connectivity index (χ0) is 18.3. The van der Waals surface area contributed by atoms with Gasteiger partial charge in [0.25, 0.3) is 11.8 Å². The van der Waals surface area contributed by atoms with Gasteiger partial charge in [-0.1, -0.05) is 19.1 Å². The average molecular weight is 351 g/mol. The Morgan fingerprint density at radius 1 is 1.08 bits per heavy atom. The molecule has 2 aromatic rings. The van der Waals surface area contributed by atoms with Crippen molar-refractivity contribution >= 4 is 23.2 Å². The molecule has 26 heavy (non-hydrogen) atoms. The van der Waals surface area contributed by atoms with Crippen LogP contribution in [0.3, 0.4) is 0 Å². The molecule has 0 aromatic heterocycles. The highest BCUT2D eigenvalue weighted by molar-refractivity contribution is 6.21. The second kappa shape index (κ2) is 6.37. The van der Waals surface area contributed by atoms with Gasteiger partial charge in [-0.25, -0.2) is 0 Å². The summed E-state index contributed by atoms with van der Waals surface area (Å²) in [6.07, 6.45) is 0.934. The number of nitrogens with zero attached hydrogens (tertiary/aromatic N) is 2. The largest absolute Gasteiger partial charge is 0.486 e. The lowest BCUT2D eigenvalue weighted by Gasteiger charge is -2.36. The highest BCUT2D eigenvalue weighted by atomic mass is 16.5. The number of amides is 2. The lowest BCUT2D eigenvalue weighted by molar-refractivity contribution is 0.0657. The van der Waals surface area contributed by atoms with Crippen molar-refractivity contribution in [2.24, 2.45) is 0 Å². The number of nitrogens with two attached hydrogens (primary N) is 1. The smallest absolute Gasteiger partial charge is 0.261 e. The fourth-order valence-electron chi connectivity index (χ4n) is 3.53. The summed E-state index contributed by atoms with van der Waals surface area (Å²) in [7, 11) is 0. The third-order valence-electron chi connectivity index (χ3n) is 4.97. The molecule has 2 aromatic carbocycles. The summed E-state index contributed by atoms with van der Waals surface area (Å²) in [5.74, 6) is 0.317. The third kappa shape index (κ3) is 2.67. The van der Waals surface area contributed by atoms with Crippen LogP contribution >= 0.6 is 0 Å². The number of rotatable bonds is 4. The number of fused-ring (bicyclic) bond motifs is 2. The van der Waals surface area contributed by atoms with E-state index in [4.69, 9.17) is 10.5 Å². The molecular formula is C20H21N3O3. The van der Waals surface area contributed by atoms with Crippen LogP contribution in [-0.2, 0) is 0 Å². The lowest BCUT2D eigenvalue weighted by atomic mass is 10.1. The van der Waals surface area contributed by atoms with Crippen molar-refractivity contribution in [2.45, 2.75) is 19.4 Å². The third-order valence-corrected chi connectivity index (χ3v) is 4.97. The van der Waals surface area contributed by atoms with Gasteiger partial charge < -0.3 is 15.4 Å². The van der Waals surface area contributed by atoms with Crippen LogP contribution < -0.4 is 15.4 Å². The Labute approximate surface area is 152 Å². The van der Waals surface area contributed by atoms with E-state index in [1.807, 2.05) is 18.2 Å². The van der Waals surface area contributed by atoms with Gasteiger partial charge in [0.05, 0.1) is 23.4 Å². The average Bonchev–Trinajstić information content (AvgIpc) is 2.90. The number of ether oxygens (including phenoxy) is 1. The van der Waals surface area contributed by atoms with Gasteiger partial charge in [-0.3, -0.25) is 14.5 Å². The van der Waals surface area contributed by atoms with Crippen molar-refractivity contribution in [3.05, 3.63) is 53.6 Å². The fraction of sp³-hybridized carbons (Fsp3) is 0.300. The Morgan fingerprint density at radius 2 is 1.77 bits per heavy atom. The fourth-order valence-corrected chi connectivity index (χ4v) is 3.53. The highest BCUT2D eigenvalue weighted by Gasteiger charge is 2.35. The van der Waals surface area contributed by atoms with E-state index >= 15 is 0 Å². The lowest BCUT2D eigenvalue weighted by Crippen LogP contribution is -2.44. The van der Waals surface area contributed by atoms with Crippen molar-refractivity contribution in [2.75, 3.05) is 30.3 Å². The molecule has 2 amide bonds. The molecule has 0 saturated carbocycles. The maximum absolute atomic E-state index is 12.5. The van der Waals surface area contributed by atoms with E-state index in [9.17, 15) is 9.59 Å². The summed E-state index contributed by atoms with van der Waals surface area (Å²) in [5.41, 5.74) is 8.45. The maximum atomic E-state index is 12.5. The van der Waals surface area contributed by atoms with Gasteiger partial charge in [-0.15, -0.1) is 0 Å². The molecule has 2 aliphatic rings. The van der Waals surface area contributed by atoms with Gasteiger partial charge in [-0.05, 0) is 30.7 Å². The molecule has 4 rings (SSSR count). The minimum Gasteiger partial charge on any atom is -0.486 e. The first kappa shape index (κ1) is 16.4. The van der Waals surface area contributed by atoms with Crippen LogP contribution in [0.4, 0.5) is 11.4 Å². The number of hydrogen-bond donors (Lipinski definition) is 1. The van der Waals surface area contributed by atoms with E-state index in [0.717, 1.165) is 24.4 Å². The molecule has 1 atom stereocenters. The molecule has 6 nitrogen and oxygen atoms in total. The molecule has 134 valence electrons. The van der Waals surface area contributed by atoms with Gasteiger partial charge in [0, 0.05) is 24.8 Å². The second-order valence-electron chi connectivity index (χ2n) is 6.63. The van der Waals surface area contributed by atoms with E-state index in [1.54, 1.807) is 24.3 Å². The minimum atomic E-state index is -0.219. The summed E-state index contributed by atoms with van der Waals surface area (Å²) >= 11 is 0. The molecule has 0 saturated heterocycles. The molecule has 0 fully saturated rings. The van der Waals surface area contributed by atoms with E-state index in [1.165, 1.54) is 4.90 Å². The van der Waals surface area contributed by atoms with Crippen molar-refractivity contribution in [1.82, 2.24) is 4.90 Å². The topological polar surface area (TPSA) is 75.9 Å². The monoisotopic (exact) mass is 351 g/mol. The highest BCUT2D eigenvalue weighted by Crippen LogP contribution is 2.35. The molecule has 0 spiro atoms. The van der Waals surface area contributed by atoms with Crippen LogP contribution in [0.1, 0.15) is 34.1 Å². The Balaban J connectivity index is 1.54. The number of hydrogen-bond acceptors (Lipinski definition) is 5. The Kier molecular flexibility index (Phi) is 4.03. The van der Waals surface area contributed by atoms with Gasteiger partial charge in [0.2, 0.25) is 0 Å². The van der Waals surface area contributed by atoms with Crippen molar-refractivity contribution in [1.29, 1.82) is 0 Å². The normalized spacial score (nSPS) is 18.6. The van der Waals surface area contributed by atoms with Crippen LogP contribution in [0.5, 0.6) is 5.75 Å². The molecule has 0 bridgehead atoms. The van der Waals surface area contributed by atoms with Crippen LogP contribution in [0.25, 0.3) is 0 Å². The Bertz CT molecular complexity index is 845. The zero-order valence-corrected chi connectivity index (χ0v) is 14.6. The van der Waals surface area contributed by atoms with Gasteiger partial charge in [-0.2, -0.15) is 0 Å². The van der Waals surface area contributed by atoms with Crippen LogP contribution in [-0.4, -0.2) is 42.5 Å². The van der Waals surface area contributed by atoms with E-state index < -0.39 is 0 Å². The predicted molar refractivity (Wildman–Crippen MR) is 99.6 cm³/mol. The van der Waals surface area contributed by atoms with E-state index in [2.05, 4.69) is 11.8 Å². The van der Waals surface area contributed by atoms with Crippen LogP contribution in [0.2, 0.25) is 0 Å². The molecule has 0 radical (unpaired) electrons. The maximum Gasteiger partial charge on any atom is 0.261 e. The predicted octanol–water partition coefficient (Wildman–Crippen LogP) is 2.54. The standard InChI is InChI=1S/C20H21N3O3/c1-2-14-12-22(17-8-7-13(21)11-18(17)26-14)9-10-23-19(24)15-5-3-4-6-16(15)20(23)25/h3-8,11,14H,2,9-10,12,21H2,1H3. The number of carbonyl (C=O) groups is 2. The van der Waals surface area contributed by atoms with Crippen LogP contribution in [0.15, 0.2) is 42.5 Å². The molecule has 1 unspecified atom stereocenters. The summed E-state index contributed by atoms with van der Waals surface area (Å²) in [6.45, 7) is 3.69.